The number of piperidine rings is 1. The van der Waals surface area contributed by atoms with Crippen LogP contribution in [0.2, 0.25) is 0 Å². The number of morpholine rings is 1. The molecule has 2 amide bonds. The number of carbonyl (C=O) groups excluding carboxylic acids is 2. The third kappa shape index (κ3) is 3.81. The maximum absolute atomic E-state index is 13.3. The number of hydrogen-bond acceptors (Lipinski definition) is 4. The summed E-state index contributed by atoms with van der Waals surface area (Å²) in [5.41, 5.74) is 1.45. The van der Waals surface area contributed by atoms with Crippen molar-refractivity contribution in [3.05, 3.63) is 17.5 Å². The summed E-state index contributed by atoms with van der Waals surface area (Å²) >= 11 is 0. The van der Waals surface area contributed by atoms with Crippen LogP contribution in [0.4, 0.5) is 0 Å². The van der Waals surface area contributed by atoms with Gasteiger partial charge in [0.1, 0.15) is 0 Å². The summed E-state index contributed by atoms with van der Waals surface area (Å²) in [7, 11) is 0. The summed E-state index contributed by atoms with van der Waals surface area (Å²) in [5, 5.41) is 7.33. The molecule has 1 aliphatic carbocycles. The predicted molar refractivity (Wildman–Crippen MR) is 105 cm³/mol. The zero-order valence-electron chi connectivity index (χ0n) is 16.9. The topological polar surface area (TPSA) is 78.5 Å². The van der Waals surface area contributed by atoms with Crippen molar-refractivity contribution in [2.45, 2.75) is 69.8 Å². The van der Waals surface area contributed by atoms with Crippen LogP contribution in [0.25, 0.3) is 0 Å². The van der Waals surface area contributed by atoms with Crippen molar-refractivity contribution in [2.75, 3.05) is 32.8 Å². The second-order valence-electron chi connectivity index (χ2n) is 8.52. The minimum absolute atomic E-state index is 0.0732. The lowest BCUT2D eigenvalue weighted by atomic mass is 9.85. The Kier molecular flexibility index (Phi) is 5.71. The van der Waals surface area contributed by atoms with E-state index in [2.05, 4.69) is 10.2 Å². The van der Waals surface area contributed by atoms with E-state index in [0.29, 0.717) is 45.1 Å². The highest BCUT2D eigenvalue weighted by molar-refractivity contribution is 5.95. The minimum Gasteiger partial charge on any atom is -0.371 e. The number of amides is 2. The van der Waals surface area contributed by atoms with Crippen molar-refractivity contribution in [3.8, 4) is 0 Å². The lowest BCUT2D eigenvalue weighted by molar-refractivity contribution is -0.146. The molecule has 0 aromatic carbocycles. The Morgan fingerprint density at radius 1 is 1.18 bits per heavy atom. The van der Waals surface area contributed by atoms with Crippen molar-refractivity contribution in [1.82, 2.24) is 20.0 Å². The first-order chi connectivity index (χ1) is 13.6. The molecule has 154 valence electrons. The molecule has 3 aliphatic rings. The van der Waals surface area contributed by atoms with Gasteiger partial charge in [0.2, 0.25) is 5.91 Å². The van der Waals surface area contributed by atoms with Gasteiger partial charge in [-0.05, 0) is 25.7 Å². The highest BCUT2D eigenvalue weighted by Gasteiger charge is 2.42. The summed E-state index contributed by atoms with van der Waals surface area (Å²) in [6, 6.07) is 0. The van der Waals surface area contributed by atoms with E-state index in [1.54, 1.807) is 6.20 Å². The van der Waals surface area contributed by atoms with Gasteiger partial charge in [-0.1, -0.05) is 26.2 Å². The Bertz CT molecular complexity index is 702. The molecule has 4 rings (SSSR count). The summed E-state index contributed by atoms with van der Waals surface area (Å²) in [4.78, 5) is 29.1. The first-order valence-corrected chi connectivity index (χ1v) is 10.9. The maximum atomic E-state index is 13.3. The van der Waals surface area contributed by atoms with E-state index >= 15 is 0 Å². The summed E-state index contributed by atoms with van der Waals surface area (Å²) < 4.78 is 6.16. The highest BCUT2D eigenvalue weighted by atomic mass is 16.5. The molecule has 2 aliphatic heterocycles. The van der Waals surface area contributed by atoms with Crippen molar-refractivity contribution in [2.24, 2.45) is 0 Å². The molecule has 7 heteroatoms. The fourth-order valence-electron chi connectivity index (χ4n) is 5.05. The average molecular weight is 389 g/mol. The SMILES string of the molecule is CCC(=O)N1CCC2(CC1)CN(C(=O)c1cn[nH]c1C1CCCCC1)CCO2. The van der Waals surface area contributed by atoms with E-state index in [1.165, 1.54) is 19.3 Å². The van der Waals surface area contributed by atoms with Crippen LogP contribution in [0.5, 0.6) is 0 Å². The number of aromatic amines is 1. The fraction of sp³-hybridized carbons (Fsp3) is 0.762. The van der Waals surface area contributed by atoms with Crippen molar-refractivity contribution in [3.63, 3.8) is 0 Å². The Hall–Kier alpha value is -1.89. The number of ether oxygens (including phenoxy) is 1. The Morgan fingerprint density at radius 2 is 1.93 bits per heavy atom. The molecule has 0 radical (unpaired) electrons. The summed E-state index contributed by atoms with van der Waals surface area (Å²) in [6.45, 7) is 5.12. The van der Waals surface area contributed by atoms with Crippen LogP contribution >= 0.6 is 0 Å². The van der Waals surface area contributed by atoms with Crippen LogP contribution in [0.3, 0.4) is 0 Å². The molecule has 0 atom stereocenters. The Morgan fingerprint density at radius 3 is 2.64 bits per heavy atom. The molecule has 1 aromatic heterocycles. The number of nitrogens with one attached hydrogen (secondary N) is 1. The fourth-order valence-corrected chi connectivity index (χ4v) is 5.05. The zero-order chi connectivity index (χ0) is 19.6. The van der Waals surface area contributed by atoms with Crippen LogP contribution < -0.4 is 0 Å². The van der Waals surface area contributed by atoms with Crippen LogP contribution in [0.1, 0.15) is 80.3 Å². The second-order valence-corrected chi connectivity index (χ2v) is 8.52. The number of H-pyrrole nitrogens is 1. The molecule has 7 nitrogen and oxygen atoms in total. The number of aromatic nitrogens is 2. The predicted octanol–water partition coefficient (Wildman–Crippen LogP) is 2.70. The van der Waals surface area contributed by atoms with Crippen LogP contribution in [-0.4, -0.2) is 70.2 Å². The van der Waals surface area contributed by atoms with Gasteiger partial charge in [-0.2, -0.15) is 5.10 Å². The first kappa shape index (κ1) is 19.4. The van der Waals surface area contributed by atoms with Crippen LogP contribution in [0.15, 0.2) is 6.20 Å². The van der Waals surface area contributed by atoms with Crippen molar-refractivity contribution >= 4 is 11.8 Å². The van der Waals surface area contributed by atoms with Gasteiger partial charge in [-0.25, -0.2) is 0 Å². The number of rotatable bonds is 3. The van der Waals surface area contributed by atoms with Gasteiger partial charge in [0, 0.05) is 32.0 Å². The van der Waals surface area contributed by atoms with Crippen LogP contribution in [0, 0.1) is 0 Å². The van der Waals surface area contributed by atoms with Gasteiger partial charge in [-0.15, -0.1) is 0 Å². The van der Waals surface area contributed by atoms with Crippen LogP contribution in [-0.2, 0) is 9.53 Å². The molecule has 2 saturated heterocycles. The first-order valence-electron chi connectivity index (χ1n) is 10.9. The molecular weight excluding hydrogens is 356 g/mol. The standard InChI is InChI=1S/C21H32N4O3/c1-2-18(26)24-10-8-21(9-11-24)15-25(12-13-28-21)20(27)17-14-22-23-19(17)16-6-4-3-5-7-16/h14,16H,2-13,15H2,1H3,(H,22,23). The highest BCUT2D eigenvalue weighted by Crippen LogP contribution is 2.35. The monoisotopic (exact) mass is 388 g/mol. The molecular formula is C21H32N4O3. The molecule has 1 saturated carbocycles. The maximum Gasteiger partial charge on any atom is 0.257 e. The number of hydrogen-bond donors (Lipinski definition) is 1. The number of carbonyl (C=O) groups is 2. The van der Waals surface area contributed by atoms with E-state index < -0.39 is 0 Å². The third-order valence-electron chi connectivity index (χ3n) is 6.78. The van der Waals surface area contributed by atoms with Crippen molar-refractivity contribution in [1.29, 1.82) is 0 Å². The molecule has 3 heterocycles. The molecule has 1 N–H and O–H groups in total. The molecule has 0 unspecified atom stereocenters. The lowest BCUT2D eigenvalue weighted by Crippen LogP contribution is -2.58. The van der Waals surface area contributed by atoms with Crippen molar-refractivity contribution < 1.29 is 14.3 Å². The van der Waals surface area contributed by atoms with E-state index in [1.807, 2.05) is 16.7 Å². The second kappa shape index (κ2) is 8.23. The van der Waals surface area contributed by atoms with Gasteiger partial charge in [0.15, 0.2) is 0 Å². The summed E-state index contributed by atoms with van der Waals surface area (Å²) in [6.07, 6.45) is 9.85. The van der Waals surface area contributed by atoms with Gasteiger partial charge in [0.25, 0.3) is 5.91 Å². The van der Waals surface area contributed by atoms with Gasteiger partial charge in [-0.3, -0.25) is 14.7 Å². The zero-order valence-corrected chi connectivity index (χ0v) is 16.9. The molecule has 0 bridgehead atoms. The Labute approximate surface area is 166 Å². The van der Waals surface area contributed by atoms with Gasteiger partial charge in [0.05, 0.1) is 36.2 Å². The number of nitrogens with zero attached hydrogens (tertiary/aromatic N) is 3. The third-order valence-corrected chi connectivity index (χ3v) is 6.78. The molecule has 28 heavy (non-hydrogen) atoms. The normalized spacial score (nSPS) is 23.2. The molecule has 1 aromatic rings. The summed E-state index contributed by atoms with van der Waals surface area (Å²) in [5.74, 6) is 0.701. The van der Waals surface area contributed by atoms with E-state index in [-0.39, 0.29) is 17.4 Å². The van der Waals surface area contributed by atoms with E-state index in [4.69, 9.17) is 4.74 Å². The van der Waals surface area contributed by atoms with Gasteiger partial charge >= 0.3 is 0 Å². The van der Waals surface area contributed by atoms with Gasteiger partial charge < -0.3 is 14.5 Å². The Balaban J connectivity index is 1.43. The largest absolute Gasteiger partial charge is 0.371 e. The molecule has 1 spiro atoms. The molecule has 3 fully saturated rings. The minimum atomic E-state index is -0.312. The number of likely N-dealkylation sites (tertiary alicyclic amines) is 1. The average Bonchev–Trinajstić information content (AvgIpc) is 3.24. The quantitative estimate of drug-likeness (QED) is 0.864. The van der Waals surface area contributed by atoms with E-state index in [0.717, 1.165) is 36.9 Å². The van der Waals surface area contributed by atoms with E-state index in [9.17, 15) is 9.59 Å². The smallest absolute Gasteiger partial charge is 0.257 e. The lowest BCUT2D eigenvalue weighted by Gasteiger charge is -2.47.